The third-order valence-corrected chi connectivity index (χ3v) is 15.6. The smallest absolute Gasteiger partial charge is 0.287 e. The number of hydrogen-bond donors (Lipinski definition) is 12. The first-order valence-electron chi connectivity index (χ1n) is 40.1. The van der Waals surface area contributed by atoms with Gasteiger partial charge in [0.25, 0.3) is 5.91 Å². The van der Waals surface area contributed by atoms with Crippen LogP contribution in [0.25, 0.3) is 0 Å². The third-order valence-electron chi connectivity index (χ3n) is 15.6. The quantitative estimate of drug-likeness (QED) is 0.00899. The highest BCUT2D eigenvalue weighted by Crippen LogP contribution is 2.06. The molecule has 0 bridgehead atoms. The Hall–Kier alpha value is -6.91. The summed E-state index contributed by atoms with van der Waals surface area (Å²) in [6.45, 7) is 19.1. The lowest BCUT2D eigenvalue weighted by Crippen LogP contribution is -2.31. The van der Waals surface area contributed by atoms with Gasteiger partial charge in [-0.05, 0) is 225 Å². The first-order chi connectivity index (χ1) is 51.7. The number of unbranched alkanes of at least 4 members (excludes halogenated alkanes) is 19. The number of carbonyl (C=O) groups excluding carboxylic acids is 15. The number of carbonyl (C=O) groups is 15. The van der Waals surface area contributed by atoms with Crippen LogP contribution in [0, 0.1) is 0 Å². The van der Waals surface area contributed by atoms with Crippen molar-refractivity contribution in [3.63, 3.8) is 0 Å². The summed E-state index contributed by atoms with van der Waals surface area (Å²) in [5.41, 5.74) is 0. The number of rotatable bonds is 67. The Morgan fingerprint density at radius 2 is 0.509 bits per heavy atom. The van der Waals surface area contributed by atoms with Crippen LogP contribution in [-0.2, 0) is 71.9 Å². The molecule has 12 N–H and O–H groups in total. The third kappa shape index (κ3) is 110. The maximum Gasteiger partial charge on any atom is 0.287 e. The summed E-state index contributed by atoms with van der Waals surface area (Å²) in [6.07, 6.45) is 37.2. The molecule has 27 heteroatoms. The number of Topliss-reactive ketones (excluding diaryl/α,β-unsaturated/α-hetero) is 8. The lowest BCUT2D eigenvalue weighted by atomic mass is 10.1. The number of hydrogen-bond acceptors (Lipinski definition) is 21. The van der Waals surface area contributed by atoms with Crippen LogP contribution in [0.5, 0.6) is 0 Å². The molecular formula is C81H152N12O15. The van der Waals surface area contributed by atoms with Crippen molar-refractivity contribution >= 4 is 87.5 Å². The zero-order valence-corrected chi connectivity index (χ0v) is 69.3. The minimum absolute atomic E-state index is 0.0172. The molecule has 0 unspecified atom stereocenters. The second kappa shape index (κ2) is 90.7. The molecule has 0 heterocycles. The van der Waals surface area contributed by atoms with Crippen LogP contribution < -0.4 is 63.8 Å². The van der Waals surface area contributed by atoms with Gasteiger partial charge in [-0.15, -0.1) is 0 Å². The Labute approximate surface area is 651 Å². The standard InChI is InChI=1S/C14H26N2O3.C14H28N2O2.C14H24N2O2.2C13H24N2O3.C13H26N2O2/c1-12(17)11-13(18)7-8-14(19)16-10-6-4-3-5-9-15-2;2*1-13(17)9-5-6-10-14(18)16-12-8-4-3-7-11-15-2;1-11(16)7-8-12(17)13(18)15-10-6-4-3-5-9-14-2;1-11(16)9-12(17)10-13(18)15-8-6-4-3-5-7-14-2;1-12(16)8-7-9-13(17)15-11-6-4-3-5-10-14-2/h15H,3-11H2,1-2H3,(H,16,19);15H,3-12H2,1-2H3,(H,16,18);5-6,9-10,15H,3-4,7-8,11-12H2,1-2H3,(H,16,18);2*14H,3-10H2,1-2H3,(H,15,18);14H,3-11H2,1-2H3,(H,15,17)/b;;9-5+,10-6+;;;. The Balaban J connectivity index is -0.000000289. The normalized spacial score (nSPS) is 10.4. The molecule has 0 aromatic carbocycles. The molecule has 27 nitrogen and oxygen atoms in total. The van der Waals surface area contributed by atoms with Crippen LogP contribution in [0.1, 0.15) is 286 Å². The van der Waals surface area contributed by atoms with Gasteiger partial charge in [0.1, 0.15) is 40.5 Å². The monoisotopic (exact) mass is 1530 g/mol. The SMILES string of the molecule is CNCCCCCCNC(=O)/C=C/C=C/C(C)=O.CNCCCCCCNC(=O)C(=O)CCC(C)=O.CNCCCCCCNC(=O)CC(=O)CC(C)=O.CNCCCCCCNC(=O)CCC(=O)CC(C)=O.CNCCCCCCNC(=O)CCCC(C)=O.CNCCCCCCNC(=O)CCCCC(C)=O. The summed E-state index contributed by atoms with van der Waals surface area (Å²) < 4.78 is 0. The summed E-state index contributed by atoms with van der Waals surface area (Å²) in [5, 5.41) is 35.2. The van der Waals surface area contributed by atoms with Crippen molar-refractivity contribution in [3.05, 3.63) is 24.3 Å². The minimum Gasteiger partial charge on any atom is -0.356 e. The highest BCUT2D eigenvalue weighted by molar-refractivity contribution is 6.36. The molecule has 0 rings (SSSR count). The van der Waals surface area contributed by atoms with E-state index in [-0.39, 0.29) is 121 Å². The first kappa shape index (κ1) is 112. The lowest BCUT2D eigenvalue weighted by Gasteiger charge is -2.05. The van der Waals surface area contributed by atoms with E-state index in [1.165, 1.54) is 84.8 Å². The van der Waals surface area contributed by atoms with Crippen molar-refractivity contribution in [2.45, 2.75) is 286 Å². The van der Waals surface area contributed by atoms with Crippen LogP contribution in [0.3, 0.4) is 0 Å². The molecule has 0 saturated heterocycles. The van der Waals surface area contributed by atoms with Crippen LogP contribution in [0.2, 0.25) is 0 Å². The summed E-state index contributed by atoms with van der Waals surface area (Å²) in [7, 11) is 11.7. The predicted molar refractivity (Wildman–Crippen MR) is 434 cm³/mol. The Morgan fingerprint density at radius 3 is 0.852 bits per heavy atom. The van der Waals surface area contributed by atoms with Gasteiger partial charge in [-0.1, -0.05) is 89.2 Å². The van der Waals surface area contributed by atoms with Gasteiger partial charge in [0.05, 0.1) is 19.3 Å². The fourth-order valence-corrected chi connectivity index (χ4v) is 9.52. The van der Waals surface area contributed by atoms with E-state index in [2.05, 4.69) is 63.8 Å². The van der Waals surface area contributed by atoms with Crippen molar-refractivity contribution in [3.8, 4) is 0 Å². The second-order valence-corrected chi connectivity index (χ2v) is 27.0. The van der Waals surface area contributed by atoms with Gasteiger partial charge >= 0.3 is 0 Å². The molecule has 108 heavy (non-hydrogen) atoms. The molecule has 626 valence electrons. The van der Waals surface area contributed by atoms with Gasteiger partial charge in [-0.25, -0.2) is 0 Å². The second-order valence-electron chi connectivity index (χ2n) is 27.0. The van der Waals surface area contributed by atoms with Crippen molar-refractivity contribution in [2.24, 2.45) is 0 Å². The summed E-state index contributed by atoms with van der Waals surface area (Å²) in [4.78, 5) is 166. The van der Waals surface area contributed by atoms with E-state index < -0.39 is 11.7 Å². The molecule has 0 aromatic heterocycles. The zero-order valence-electron chi connectivity index (χ0n) is 69.3. The molecule has 0 radical (unpaired) electrons. The molecule has 0 atom stereocenters. The fraction of sp³-hybridized carbons (Fsp3) is 0.765. The predicted octanol–water partition coefficient (Wildman–Crippen LogP) is 8.11. The molecule has 0 fully saturated rings. The highest BCUT2D eigenvalue weighted by Gasteiger charge is 2.14. The molecule has 0 aliphatic rings. The molecule has 0 saturated carbocycles. The average Bonchev–Trinajstić information content (AvgIpc) is 1.06. The summed E-state index contributed by atoms with van der Waals surface area (Å²) in [6, 6.07) is 0. The van der Waals surface area contributed by atoms with Gasteiger partial charge in [-0.3, -0.25) is 57.5 Å². The largest absolute Gasteiger partial charge is 0.356 e. The van der Waals surface area contributed by atoms with Gasteiger partial charge in [0.2, 0.25) is 35.3 Å². The summed E-state index contributed by atoms with van der Waals surface area (Å²) in [5.74, 6) is -1.92. The average molecular weight is 1530 g/mol. The van der Waals surface area contributed by atoms with Gasteiger partial charge in [-0.2, -0.15) is 0 Å². The van der Waals surface area contributed by atoms with E-state index in [9.17, 15) is 71.9 Å². The molecule has 6 amide bonds. The van der Waals surface area contributed by atoms with Crippen molar-refractivity contribution < 1.29 is 71.9 Å². The van der Waals surface area contributed by atoms with Crippen molar-refractivity contribution in [2.75, 3.05) is 121 Å². The number of ketones is 9. The first-order valence-corrected chi connectivity index (χ1v) is 40.1. The van der Waals surface area contributed by atoms with Gasteiger partial charge in [0.15, 0.2) is 5.78 Å². The van der Waals surface area contributed by atoms with Crippen LogP contribution >= 0.6 is 0 Å². The van der Waals surface area contributed by atoms with Crippen LogP contribution in [-0.4, -0.2) is 208 Å². The van der Waals surface area contributed by atoms with E-state index in [0.29, 0.717) is 58.3 Å². The zero-order chi connectivity index (χ0) is 82.3. The molecular weight excluding hydrogens is 1380 g/mol. The van der Waals surface area contributed by atoms with E-state index in [0.717, 1.165) is 174 Å². The van der Waals surface area contributed by atoms with Gasteiger partial charge in [0, 0.05) is 96.7 Å². The van der Waals surface area contributed by atoms with Crippen molar-refractivity contribution in [1.82, 2.24) is 63.8 Å². The minimum atomic E-state index is -0.563. The Morgan fingerprint density at radius 1 is 0.222 bits per heavy atom. The lowest BCUT2D eigenvalue weighted by molar-refractivity contribution is -0.138. The number of amides is 6. The summed E-state index contributed by atoms with van der Waals surface area (Å²) >= 11 is 0. The van der Waals surface area contributed by atoms with E-state index in [4.69, 9.17) is 0 Å². The fourth-order valence-electron chi connectivity index (χ4n) is 9.52. The van der Waals surface area contributed by atoms with Crippen LogP contribution in [0.4, 0.5) is 0 Å². The van der Waals surface area contributed by atoms with E-state index >= 15 is 0 Å². The van der Waals surface area contributed by atoms with Crippen molar-refractivity contribution in [1.29, 1.82) is 0 Å². The maximum atomic E-state index is 11.4. The molecule has 0 aromatic rings. The van der Waals surface area contributed by atoms with E-state index in [1.807, 2.05) is 42.3 Å². The van der Waals surface area contributed by atoms with Gasteiger partial charge < -0.3 is 78.2 Å². The van der Waals surface area contributed by atoms with Crippen LogP contribution in [0.15, 0.2) is 24.3 Å². The topological polar surface area (TPSA) is 400 Å². The Bertz CT molecular complexity index is 2420. The molecule has 0 spiro atoms. The molecule has 0 aliphatic heterocycles. The molecule has 0 aliphatic carbocycles. The Kier molecular flexibility index (Phi) is 94.1. The van der Waals surface area contributed by atoms with E-state index in [1.54, 1.807) is 26.0 Å². The number of allylic oxidation sites excluding steroid dienone is 3. The number of nitrogens with one attached hydrogen (secondary N) is 12. The highest BCUT2D eigenvalue weighted by atomic mass is 16.2. The maximum absolute atomic E-state index is 11.4.